The van der Waals surface area contributed by atoms with Gasteiger partial charge in [-0.05, 0) is 87.0 Å². The van der Waals surface area contributed by atoms with E-state index in [1.54, 1.807) is 26.2 Å². The van der Waals surface area contributed by atoms with Crippen molar-refractivity contribution in [3.8, 4) is 5.75 Å². The van der Waals surface area contributed by atoms with Crippen molar-refractivity contribution < 1.29 is 27.8 Å². The van der Waals surface area contributed by atoms with Crippen molar-refractivity contribution in [3.63, 3.8) is 0 Å². The van der Waals surface area contributed by atoms with Gasteiger partial charge in [0.15, 0.2) is 0 Å². The molecule has 1 aliphatic heterocycles. The Kier molecular flexibility index (Phi) is 8.85. The number of aryl methyl sites for hydroxylation is 1. The highest BCUT2D eigenvalue weighted by atomic mass is 19.4. The fourth-order valence-corrected chi connectivity index (χ4v) is 8.85. The van der Waals surface area contributed by atoms with Gasteiger partial charge in [0.1, 0.15) is 17.1 Å². The number of halogens is 3. The molecule has 4 fully saturated rings. The average Bonchev–Trinajstić information content (AvgIpc) is 3.08. The second kappa shape index (κ2) is 13.0. The van der Waals surface area contributed by atoms with Crippen LogP contribution in [0.4, 0.5) is 42.0 Å². The number of nitrogens with one attached hydrogen (secondary N) is 3. The van der Waals surface area contributed by atoms with E-state index >= 15 is 0 Å². The van der Waals surface area contributed by atoms with Gasteiger partial charge in [-0.3, -0.25) is 9.69 Å². The van der Waals surface area contributed by atoms with Crippen LogP contribution >= 0.6 is 0 Å². The Labute approximate surface area is 284 Å². The van der Waals surface area contributed by atoms with E-state index in [0.717, 1.165) is 69.7 Å². The third-order valence-electron chi connectivity index (χ3n) is 11.3. The number of benzene rings is 2. The highest BCUT2D eigenvalue weighted by Gasteiger charge is 2.52. The molecule has 5 atom stereocenters. The minimum atomic E-state index is -4.74. The maximum absolute atomic E-state index is 14.1. The first-order valence-corrected chi connectivity index (χ1v) is 17.1. The van der Waals surface area contributed by atoms with Gasteiger partial charge < -0.3 is 30.7 Å². The van der Waals surface area contributed by atoms with Crippen molar-refractivity contribution in [2.75, 3.05) is 55.9 Å². The van der Waals surface area contributed by atoms with Crippen LogP contribution in [0, 0.1) is 24.7 Å². The van der Waals surface area contributed by atoms with E-state index in [1.807, 2.05) is 18.2 Å². The molecule has 3 unspecified atom stereocenters. The zero-order chi connectivity index (χ0) is 34.5. The first-order valence-electron chi connectivity index (χ1n) is 17.1. The number of piperazine rings is 1. The number of aliphatic hydroxyl groups is 1. The Bertz CT molecular complexity index is 1710. The van der Waals surface area contributed by atoms with Gasteiger partial charge in [-0.1, -0.05) is 12.1 Å². The average molecular weight is 680 g/mol. The summed E-state index contributed by atoms with van der Waals surface area (Å²) in [6.45, 7) is 5.34. The Morgan fingerprint density at radius 3 is 2.55 bits per heavy atom. The number of ether oxygens (including phenoxy) is 1. The molecule has 3 saturated carbocycles. The molecule has 7 rings (SSSR count). The molecule has 262 valence electrons. The second-order valence-corrected chi connectivity index (χ2v) is 14.2. The minimum Gasteiger partial charge on any atom is -0.494 e. The summed E-state index contributed by atoms with van der Waals surface area (Å²) in [7, 11) is 3.00. The quantitative estimate of drug-likeness (QED) is 0.224. The zero-order valence-electron chi connectivity index (χ0n) is 28.1. The molecule has 3 bridgehead atoms. The van der Waals surface area contributed by atoms with Crippen LogP contribution in [0.2, 0.25) is 0 Å². The highest BCUT2D eigenvalue weighted by molar-refractivity contribution is 6.00. The highest BCUT2D eigenvalue weighted by Crippen LogP contribution is 2.55. The number of fused-ring (bicyclic) bond motifs is 2. The van der Waals surface area contributed by atoms with Gasteiger partial charge in [-0.25, -0.2) is 4.98 Å². The van der Waals surface area contributed by atoms with Crippen molar-refractivity contribution in [2.45, 2.75) is 63.3 Å². The summed E-state index contributed by atoms with van der Waals surface area (Å²) in [5.41, 5.74) is 0.965. The first-order chi connectivity index (χ1) is 23.4. The molecule has 13 heteroatoms. The number of hydrogen-bond donors (Lipinski definition) is 4. The molecular formula is C36H44F3N7O3. The number of para-hydroxylation sites is 1. The third-order valence-corrected chi connectivity index (χ3v) is 11.3. The van der Waals surface area contributed by atoms with E-state index in [0.29, 0.717) is 34.9 Å². The number of anilines is 5. The van der Waals surface area contributed by atoms with E-state index in [1.165, 1.54) is 26.0 Å². The Hall–Kier alpha value is -4.10. The van der Waals surface area contributed by atoms with Gasteiger partial charge in [-0.15, -0.1) is 0 Å². The lowest BCUT2D eigenvalue weighted by Gasteiger charge is -2.57. The standard InChI is InChI=1S/C36H44F3N7O3/c1-21-5-4-6-26(33(47)40-2)31(21)43-32-27(36(37,38)39)20-41-34(44-32)42-28-8-7-25(17-30(28)49-3)45-11-13-46(14-12-45)29-16-22-9-10-35(48)18-23(22)15-24(29)19-35/h4-8,17,20,22-24,29,48H,9-16,18-19H2,1-3H3,(H,40,47)(H2,41,42,43,44)/t22?,23?,24?,29-,35-/m1/s1. The molecule has 1 amide bonds. The summed E-state index contributed by atoms with van der Waals surface area (Å²) in [6, 6.07) is 11.1. The van der Waals surface area contributed by atoms with Crippen LogP contribution in [0.3, 0.4) is 0 Å². The maximum Gasteiger partial charge on any atom is 0.421 e. The molecule has 1 aromatic heterocycles. The monoisotopic (exact) mass is 679 g/mol. The van der Waals surface area contributed by atoms with Crippen LogP contribution in [0.15, 0.2) is 42.6 Å². The van der Waals surface area contributed by atoms with Crippen LogP contribution in [0.5, 0.6) is 5.75 Å². The van der Waals surface area contributed by atoms with Crippen LogP contribution < -0.4 is 25.6 Å². The summed E-state index contributed by atoms with van der Waals surface area (Å²) >= 11 is 0. The SMILES string of the molecule is CNC(=O)c1cccc(C)c1Nc1nc(Nc2ccc(N3CCN([C@@H]4CC5CC[C@@]6(O)CC5CC4C6)CC3)cc2OC)ncc1C(F)(F)F. The molecule has 0 spiro atoms. The van der Waals surface area contributed by atoms with Crippen molar-refractivity contribution in [1.82, 2.24) is 20.2 Å². The number of alkyl halides is 3. The topological polar surface area (TPSA) is 115 Å². The molecule has 4 aliphatic rings. The van der Waals surface area contributed by atoms with Crippen molar-refractivity contribution in [2.24, 2.45) is 17.8 Å². The predicted molar refractivity (Wildman–Crippen MR) is 182 cm³/mol. The van der Waals surface area contributed by atoms with Crippen LogP contribution in [0.1, 0.15) is 60.0 Å². The van der Waals surface area contributed by atoms with Crippen molar-refractivity contribution in [3.05, 3.63) is 59.3 Å². The van der Waals surface area contributed by atoms with Gasteiger partial charge in [0, 0.05) is 57.2 Å². The smallest absolute Gasteiger partial charge is 0.421 e. The molecule has 49 heavy (non-hydrogen) atoms. The molecule has 0 radical (unpaired) electrons. The minimum absolute atomic E-state index is 0.0685. The number of hydrogen-bond acceptors (Lipinski definition) is 9. The summed E-state index contributed by atoms with van der Waals surface area (Å²) in [4.78, 5) is 25.7. The fourth-order valence-electron chi connectivity index (χ4n) is 8.85. The van der Waals surface area contributed by atoms with E-state index in [9.17, 15) is 23.1 Å². The molecule has 4 N–H and O–H groups in total. The zero-order valence-corrected chi connectivity index (χ0v) is 28.1. The molecule has 3 aromatic rings. The largest absolute Gasteiger partial charge is 0.494 e. The lowest BCUT2D eigenvalue weighted by atomic mass is 9.54. The van der Waals surface area contributed by atoms with Gasteiger partial charge in [0.2, 0.25) is 5.95 Å². The normalized spacial score (nSPS) is 26.7. The summed E-state index contributed by atoms with van der Waals surface area (Å²) in [6.07, 6.45) is 2.56. The molecule has 10 nitrogen and oxygen atoms in total. The molecular weight excluding hydrogens is 635 g/mol. The number of methoxy groups -OCH3 is 1. The Morgan fingerprint density at radius 2 is 1.82 bits per heavy atom. The lowest BCUT2D eigenvalue weighted by molar-refractivity contribution is -0.137. The number of rotatable bonds is 8. The van der Waals surface area contributed by atoms with E-state index in [2.05, 4.69) is 35.7 Å². The van der Waals surface area contributed by atoms with Gasteiger partial charge >= 0.3 is 6.18 Å². The second-order valence-electron chi connectivity index (χ2n) is 14.2. The third kappa shape index (κ3) is 6.62. The number of carbonyl (C=O) groups is 1. The van der Waals surface area contributed by atoms with Crippen LogP contribution in [-0.2, 0) is 6.18 Å². The van der Waals surface area contributed by atoms with Gasteiger partial charge in [0.05, 0.1) is 29.6 Å². The molecule has 1 saturated heterocycles. The van der Waals surface area contributed by atoms with E-state index in [4.69, 9.17) is 4.74 Å². The summed E-state index contributed by atoms with van der Waals surface area (Å²) in [5.74, 6) is 1.52. The molecule has 3 aliphatic carbocycles. The maximum atomic E-state index is 14.1. The summed E-state index contributed by atoms with van der Waals surface area (Å²) in [5, 5.41) is 19.5. The van der Waals surface area contributed by atoms with E-state index < -0.39 is 29.1 Å². The lowest BCUT2D eigenvalue weighted by Crippen LogP contribution is -2.59. The number of carbonyl (C=O) groups excluding carboxylic acids is 1. The Balaban J connectivity index is 1.06. The van der Waals surface area contributed by atoms with Crippen molar-refractivity contribution >= 4 is 34.7 Å². The number of amides is 1. The first kappa shape index (κ1) is 33.4. The van der Waals surface area contributed by atoms with Crippen molar-refractivity contribution in [1.29, 1.82) is 0 Å². The number of nitrogens with zero attached hydrogens (tertiary/aromatic N) is 4. The van der Waals surface area contributed by atoms with Gasteiger partial charge in [0.25, 0.3) is 5.91 Å². The van der Waals surface area contributed by atoms with Gasteiger partial charge in [-0.2, -0.15) is 18.2 Å². The van der Waals surface area contributed by atoms with E-state index in [-0.39, 0.29) is 17.2 Å². The predicted octanol–water partition coefficient (Wildman–Crippen LogP) is 6.11. The van der Waals surface area contributed by atoms with Crippen LogP contribution in [-0.4, -0.2) is 77.9 Å². The Morgan fingerprint density at radius 1 is 1.04 bits per heavy atom. The summed E-state index contributed by atoms with van der Waals surface area (Å²) < 4.78 is 47.9. The molecule has 2 heterocycles. The van der Waals surface area contributed by atoms with Crippen LogP contribution in [0.25, 0.3) is 0 Å². The fraction of sp³-hybridized carbons (Fsp3) is 0.528. The molecule has 2 aromatic carbocycles. The number of aromatic nitrogens is 2.